The number of amides is 1. The summed E-state index contributed by atoms with van der Waals surface area (Å²) in [4.78, 5) is 19.7. The van der Waals surface area contributed by atoms with E-state index in [1.165, 1.54) is 0 Å². The Bertz CT molecular complexity index is 809. The molecule has 1 amide bonds. The Labute approximate surface area is 163 Å². The van der Waals surface area contributed by atoms with Gasteiger partial charge in [-0.1, -0.05) is 71.7 Å². The van der Waals surface area contributed by atoms with E-state index in [1.807, 2.05) is 48.2 Å². The summed E-state index contributed by atoms with van der Waals surface area (Å²) in [6, 6.07) is 15.4. The maximum atomic E-state index is 12.3. The Morgan fingerprint density at radius 1 is 1.19 bits per heavy atom. The summed E-state index contributed by atoms with van der Waals surface area (Å²) in [7, 11) is 0. The predicted molar refractivity (Wildman–Crippen MR) is 105 cm³/mol. The highest BCUT2D eigenvalue weighted by Gasteiger charge is 2.26. The van der Waals surface area contributed by atoms with Crippen molar-refractivity contribution in [2.75, 3.05) is 6.54 Å². The van der Waals surface area contributed by atoms with Crippen LogP contribution in [-0.4, -0.2) is 29.2 Å². The molecule has 0 radical (unpaired) electrons. The van der Waals surface area contributed by atoms with Crippen LogP contribution in [0.5, 0.6) is 0 Å². The SMILES string of the molecule is CCC(=O)N(Cc1ccccc1)CC1CC(c2ccc(Cl)c(Cl)c2)=NO1. The maximum Gasteiger partial charge on any atom is 0.222 e. The van der Waals surface area contributed by atoms with Crippen LogP contribution in [0, 0.1) is 0 Å². The number of carbonyl (C=O) groups excluding carboxylic acids is 1. The van der Waals surface area contributed by atoms with Crippen LogP contribution in [0.1, 0.15) is 30.9 Å². The van der Waals surface area contributed by atoms with Crippen molar-refractivity contribution < 1.29 is 9.63 Å². The summed E-state index contributed by atoms with van der Waals surface area (Å²) in [6.45, 7) is 2.93. The normalized spacial score (nSPS) is 16.1. The summed E-state index contributed by atoms with van der Waals surface area (Å²) in [5.74, 6) is 0.0976. The smallest absolute Gasteiger partial charge is 0.222 e. The molecule has 0 saturated heterocycles. The lowest BCUT2D eigenvalue weighted by Gasteiger charge is -2.24. The monoisotopic (exact) mass is 390 g/mol. The van der Waals surface area contributed by atoms with Gasteiger partial charge in [0.05, 0.1) is 22.3 Å². The van der Waals surface area contributed by atoms with E-state index in [0.717, 1.165) is 16.8 Å². The van der Waals surface area contributed by atoms with Crippen molar-refractivity contribution in [3.05, 3.63) is 69.7 Å². The van der Waals surface area contributed by atoms with E-state index in [0.29, 0.717) is 36.0 Å². The molecule has 1 atom stereocenters. The summed E-state index contributed by atoms with van der Waals surface area (Å²) >= 11 is 12.0. The third-order valence-electron chi connectivity index (χ3n) is 4.28. The highest BCUT2D eigenvalue weighted by molar-refractivity contribution is 6.42. The van der Waals surface area contributed by atoms with Crippen molar-refractivity contribution in [1.82, 2.24) is 4.90 Å². The van der Waals surface area contributed by atoms with Gasteiger partial charge in [0.25, 0.3) is 0 Å². The summed E-state index contributed by atoms with van der Waals surface area (Å²) in [5.41, 5.74) is 2.80. The van der Waals surface area contributed by atoms with E-state index >= 15 is 0 Å². The van der Waals surface area contributed by atoms with Crippen molar-refractivity contribution >= 4 is 34.8 Å². The number of nitrogens with zero attached hydrogens (tertiary/aromatic N) is 2. The number of rotatable bonds is 6. The molecule has 0 bridgehead atoms. The fraction of sp³-hybridized carbons (Fsp3) is 0.300. The minimum Gasteiger partial charge on any atom is -0.390 e. The Hall–Kier alpha value is -2.04. The van der Waals surface area contributed by atoms with Gasteiger partial charge in [-0.05, 0) is 17.7 Å². The van der Waals surface area contributed by atoms with Gasteiger partial charge in [0, 0.05) is 24.9 Å². The van der Waals surface area contributed by atoms with Crippen LogP contribution in [0.2, 0.25) is 10.0 Å². The van der Waals surface area contributed by atoms with E-state index in [2.05, 4.69) is 5.16 Å². The highest BCUT2D eigenvalue weighted by Crippen LogP contribution is 2.26. The molecule has 136 valence electrons. The zero-order valence-electron chi connectivity index (χ0n) is 14.5. The Morgan fingerprint density at radius 2 is 1.96 bits per heavy atom. The molecule has 4 nitrogen and oxygen atoms in total. The number of carbonyl (C=O) groups is 1. The zero-order valence-corrected chi connectivity index (χ0v) is 16.0. The first-order valence-electron chi connectivity index (χ1n) is 8.56. The molecule has 2 aromatic carbocycles. The lowest BCUT2D eigenvalue weighted by Crippen LogP contribution is -2.36. The summed E-state index contributed by atoms with van der Waals surface area (Å²) < 4.78 is 0. The molecule has 26 heavy (non-hydrogen) atoms. The van der Waals surface area contributed by atoms with Gasteiger partial charge in [-0.2, -0.15) is 0 Å². The largest absolute Gasteiger partial charge is 0.390 e. The first-order chi connectivity index (χ1) is 12.6. The average Bonchev–Trinajstić information content (AvgIpc) is 3.12. The van der Waals surface area contributed by atoms with Crippen LogP contribution in [0.4, 0.5) is 0 Å². The minimum absolute atomic E-state index is 0.0976. The van der Waals surface area contributed by atoms with Crippen molar-refractivity contribution in [2.24, 2.45) is 5.16 Å². The highest BCUT2D eigenvalue weighted by atomic mass is 35.5. The number of hydrogen-bond donors (Lipinski definition) is 0. The Morgan fingerprint density at radius 3 is 2.65 bits per heavy atom. The first-order valence-corrected chi connectivity index (χ1v) is 9.32. The van der Waals surface area contributed by atoms with E-state index < -0.39 is 0 Å². The fourth-order valence-corrected chi connectivity index (χ4v) is 3.20. The van der Waals surface area contributed by atoms with Gasteiger partial charge in [0.2, 0.25) is 5.91 Å². The molecule has 6 heteroatoms. The fourth-order valence-electron chi connectivity index (χ4n) is 2.90. The molecule has 0 aromatic heterocycles. The second-order valence-corrected chi connectivity index (χ2v) is 7.03. The Balaban J connectivity index is 1.65. The number of oxime groups is 1. The molecule has 0 aliphatic carbocycles. The van der Waals surface area contributed by atoms with Crippen LogP contribution in [0.25, 0.3) is 0 Å². The Kier molecular flexibility index (Phi) is 6.17. The van der Waals surface area contributed by atoms with Crippen LogP contribution < -0.4 is 0 Å². The van der Waals surface area contributed by atoms with Crippen LogP contribution >= 0.6 is 23.2 Å². The molecule has 1 aliphatic rings. The quantitative estimate of drug-likeness (QED) is 0.701. The van der Waals surface area contributed by atoms with Crippen LogP contribution in [-0.2, 0) is 16.2 Å². The molecule has 1 heterocycles. The first kappa shape index (κ1) is 18.7. The molecule has 0 N–H and O–H groups in total. The van der Waals surface area contributed by atoms with Gasteiger partial charge in [-0.25, -0.2) is 0 Å². The molecule has 2 aromatic rings. The third-order valence-corrected chi connectivity index (χ3v) is 5.02. The number of hydrogen-bond acceptors (Lipinski definition) is 3. The maximum absolute atomic E-state index is 12.3. The van der Waals surface area contributed by atoms with Crippen molar-refractivity contribution in [3.63, 3.8) is 0 Å². The van der Waals surface area contributed by atoms with Crippen LogP contribution in [0.3, 0.4) is 0 Å². The molecule has 0 fully saturated rings. The lowest BCUT2D eigenvalue weighted by atomic mass is 10.0. The lowest BCUT2D eigenvalue weighted by molar-refractivity contribution is -0.133. The molecular formula is C20H20Cl2N2O2. The zero-order chi connectivity index (χ0) is 18.5. The summed E-state index contributed by atoms with van der Waals surface area (Å²) in [6.07, 6.45) is 0.916. The molecule has 3 rings (SSSR count). The van der Waals surface area contributed by atoms with E-state index in [-0.39, 0.29) is 12.0 Å². The van der Waals surface area contributed by atoms with Gasteiger partial charge in [-0.3, -0.25) is 4.79 Å². The third kappa shape index (κ3) is 4.57. The molecule has 1 aliphatic heterocycles. The van der Waals surface area contributed by atoms with Crippen molar-refractivity contribution in [3.8, 4) is 0 Å². The minimum atomic E-state index is -0.168. The van der Waals surface area contributed by atoms with Crippen molar-refractivity contribution in [1.29, 1.82) is 0 Å². The predicted octanol–water partition coefficient (Wildman–Crippen LogP) is 4.93. The summed E-state index contributed by atoms with van der Waals surface area (Å²) in [5, 5.41) is 5.18. The van der Waals surface area contributed by atoms with Gasteiger partial charge in [0.1, 0.15) is 0 Å². The van der Waals surface area contributed by atoms with Gasteiger partial charge in [-0.15, -0.1) is 0 Å². The standard InChI is InChI=1S/C20H20Cl2N2O2/c1-2-20(25)24(12-14-6-4-3-5-7-14)13-16-11-19(23-26-16)15-8-9-17(21)18(22)10-15/h3-10,16H,2,11-13H2,1H3. The number of halogens is 2. The second-order valence-electron chi connectivity index (χ2n) is 6.21. The molecule has 1 unspecified atom stereocenters. The van der Waals surface area contributed by atoms with Gasteiger partial charge >= 0.3 is 0 Å². The van der Waals surface area contributed by atoms with Gasteiger partial charge < -0.3 is 9.74 Å². The van der Waals surface area contributed by atoms with Crippen LogP contribution in [0.15, 0.2) is 53.7 Å². The molecular weight excluding hydrogens is 371 g/mol. The van der Waals surface area contributed by atoms with E-state index in [9.17, 15) is 4.79 Å². The topological polar surface area (TPSA) is 41.9 Å². The van der Waals surface area contributed by atoms with Gasteiger partial charge in [0.15, 0.2) is 6.10 Å². The number of benzene rings is 2. The van der Waals surface area contributed by atoms with Crippen molar-refractivity contribution in [2.45, 2.75) is 32.4 Å². The molecule has 0 spiro atoms. The average molecular weight is 391 g/mol. The second kappa shape index (κ2) is 8.56. The molecule has 0 saturated carbocycles. The van der Waals surface area contributed by atoms with E-state index in [4.69, 9.17) is 28.0 Å². The van der Waals surface area contributed by atoms with E-state index in [1.54, 1.807) is 12.1 Å².